The smallest absolute Gasteiger partial charge is 0.227 e. The molecule has 1 N–H and O–H groups in total. The lowest BCUT2D eigenvalue weighted by molar-refractivity contribution is -0.125. The summed E-state index contributed by atoms with van der Waals surface area (Å²) in [4.78, 5) is 26.7. The lowest BCUT2D eigenvalue weighted by Gasteiger charge is -2.28. The van der Waals surface area contributed by atoms with Gasteiger partial charge in [-0.1, -0.05) is 38.1 Å². The zero-order valence-electron chi connectivity index (χ0n) is 18.6. The Balaban J connectivity index is 1.53. The first-order valence-electron chi connectivity index (χ1n) is 10.8. The number of hydrogen-bond acceptors (Lipinski definition) is 5. The Bertz CT molecular complexity index is 982. The molecule has 0 saturated carbocycles. The second kappa shape index (κ2) is 10.7. The molecule has 7 nitrogen and oxygen atoms in total. The molecule has 1 aliphatic rings. The van der Waals surface area contributed by atoms with E-state index in [1.807, 2.05) is 62.4 Å². The van der Waals surface area contributed by atoms with E-state index in [4.69, 9.17) is 14.7 Å². The highest BCUT2D eigenvalue weighted by Crippen LogP contribution is 2.34. The second-order valence-corrected chi connectivity index (χ2v) is 8.31. The van der Waals surface area contributed by atoms with Gasteiger partial charge in [0.25, 0.3) is 0 Å². The van der Waals surface area contributed by atoms with Gasteiger partial charge in [-0.25, -0.2) is 0 Å². The molecule has 0 radical (unpaired) electrons. The van der Waals surface area contributed by atoms with E-state index in [1.54, 1.807) is 4.90 Å². The van der Waals surface area contributed by atoms with E-state index in [0.717, 1.165) is 22.7 Å². The Morgan fingerprint density at radius 3 is 2.50 bits per heavy atom. The zero-order chi connectivity index (χ0) is 23.0. The number of ether oxygens (including phenoxy) is 2. The van der Waals surface area contributed by atoms with E-state index in [0.29, 0.717) is 26.3 Å². The van der Waals surface area contributed by atoms with Crippen molar-refractivity contribution in [2.75, 3.05) is 31.2 Å². The molecule has 1 aliphatic heterocycles. The summed E-state index contributed by atoms with van der Waals surface area (Å²) >= 11 is 0. The van der Waals surface area contributed by atoms with Crippen LogP contribution in [0.3, 0.4) is 0 Å². The quantitative estimate of drug-likeness (QED) is 0.650. The molecule has 0 saturated heterocycles. The summed E-state index contributed by atoms with van der Waals surface area (Å²) in [7, 11) is 0. The summed E-state index contributed by atoms with van der Waals surface area (Å²) in [6.07, 6.45) is 0.402. The number of nitrogens with zero attached hydrogens (tertiary/aromatic N) is 2. The maximum atomic E-state index is 12.7. The predicted octanol–water partition coefficient (Wildman–Crippen LogP) is 3.58. The Kier molecular flexibility index (Phi) is 7.72. The van der Waals surface area contributed by atoms with E-state index < -0.39 is 0 Å². The van der Waals surface area contributed by atoms with Crippen LogP contribution in [0.2, 0.25) is 0 Å². The van der Waals surface area contributed by atoms with Crippen LogP contribution >= 0.6 is 0 Å². The fourth-order valence-electron chi connectivity index (χ4n) is 3.50. The molecule has 0 aliphatic carbocycles. The van der Waals surface area contributed by atoms with Crippen molar-refractivity contribution >= 4 is 17.5 Å². The molecule has 0 bridgehead atoms. The van der Waals surface area contributed by atoms with Gasteiger partial charge < -0.3 is 19.7 Å². The molecular formula is C25H29N3O4. The van der Waals surface area contributed by atoms with Crippen LogP contribution in [-0.2, 0) is 15.0 Å². The summed E-state index contributed by atoms with van der Waals surface area (Å²) in [5, 5.41) is 11.8. The third-order valence-corrected chi connectivity index (χ3v) is 5.43. The van der Waals surface area contributed by atoms with Gasteiger partial charge in [-0.05, 0) is 29.8 Å². The molecule has 0 atom stereocenters. The minimum atomic E-state index is -0.321. The number of fused-ring (bicyclic) bond motifs is 1. The van der Waals surface area contributed by atoms with Gasteiger partial charge in [0.1, 0.15) is 13.2 Å². The van der Waals surface area contributed by atoms with Gasteiger partial charge in [-0.2, -0.15) is 5.26 Å². The standard InChI is InChI=1S/C25H29N3O4/c1-25(2,19-9-10-21-22(17-19)32-16-15-31-21)18-27-23(29)11-12-24(30)28(14-6-13-26)20-7-4-3-5-8-20/h3-5,7-10,17H,6,11-12,14-16,18H2,1-2H3,(H,27,29). The number of hydrogen-bond donors (Lipinski definition) is 1. The van der Waals surface area contributed by atoms with E-state index in [9.17, 15) is 9.59 Å². The van der Waals surface area contributed by atoms with Crippen molar-refractivity contribution in [1.82, 2.24) is 5.32 Å². The maximum absolute atomic E-state index is 12.7. The Morgan fingerprint density at radius 1 is 1.06 bits per heavy atom. The molecular weight excluding hydrogens is 406 g/mol. The largest absolute Gasteiger partial charge is 0.486 e. The maximum Gasteiger partial charge on any atom is 0.227 e. The number of rotatable bonds is 9. The van der Waals surface area contributed by atoms with Crippen molar-refractivity contribution in [3.63, 3.8) is 0 Å². The highest BCUT2D eigenvalue weighted by atomic mass is 16.6. The van der Waals surface area contributed by atoms with Crippen LogP contribution in [0.1, 0.15) is 38.7 Å². The van der Waals surface area contributed by atoms with Crippen molar-refractivity contribution in [3.8, 4) is 17.6 Å². The van der Waals surface area contributed by atoms with Gasteiger partial charge in [0.2, 0.25) is 11.8 Å². The second-order valence-electron chi connectivity index (χ2n) is 8.31. The van der Waals surface area contributed by atoms with Gasteiger partial charge in [0, 0.05) is 37.0 Å². The van der Waals surface area contributed by atoms with E-state index >= 15 is 0 Å². The lowest BCUT2D eigenvalue weighted by Crippen LogP contribution is -2.38. The summed E-state index contributed by atoms with van der Waals surface area (Å²) in [5.74, 6) is 1.10. The first kappa shape index (κ1) is 23.1. The van der Waals surface area contributed by atoms with Crippen LogP contribution in [0.5, 0.6) is 11.5 Å². The SMILES string of the molecule is CC(C)(CNC(=O)CCC(=O)N(CCC#N)c1ccccc1)c1ccc2c(c1)OCCO2. The molecule has 32 heavy (non-hydrogen) atoms. The monoisotopic (exact) mass is 435 g/mol. The summed E-state index contributed by atoms with van der Waals surface area (Å²) in [5.41, 5.74) is 1.44. The molecule has 3 rings (SSSR count). The van der Waals surface area contributed by atoms with E-state index in [2.05, 4.69) is 11.4 Å². The molecule has 2 aromatic rings. The molecule has 0 unspecified atom stereocenters. The van der Waals surface area contributed by atoms with Crippen molar-refractivity contribution in [3.05, 3.63) is 54.1 Å². The molecule has 168 valence electrons. The Hall–Kier alpha value is -3.53. The number of amides is 2. The van der Waals surface area contributed by atoms with Crippen LogP contribution < -0.4 is 19.7 Å². The average molecular weight is 436 g/mol. The fourth-order valence-corrected chi connectivity index (χ4v) is 3.50. The molecule has 1 heterocycles. The van der Waals surface area contributed by atoms with Gasteiger partial charge in [0.05, 0.1) is 12.5 Å². The lowest BCUT2D eigenvalue weighted by atomic mass is 9.84. The minimum Gasteiger partial charge on any atom is -0.486 e. The number of carbonyl (C=O) groups is 2. The molecule has 0 fully saturated rings. The Morgan fingerprint density at radius 2 is 1.78 bits per heavy atom. The molecule has 0 spiro atoms. The third kappa shape index (κ3) is 6.01. The first-order chi connectivity index (χ1) is 15.4. The van der Waals surface area contributed by atoms with Crippen LogP contribution in [0.25, 0.3) is 0 Å². The zero-order valence-corrected chi connectivity index (χ0v) is 18.6. The number of nitriles is 1. The fraction of sp³-hybridized carbons (Fsp3) is 0.400. The average Bonchev–Trinajstić information content (AvgIpc) is 2.82. The number of carbonyl (C=O) groups excluding carboxylic acids is 2. The number of nitrogens with one attached hydrogen (secondary N) is 1. The number of anilines is 1. The van der Waals surface area contributed by atoms with Crippen LogP contribution in [-0.4, -0.2) is 38.1 Å². The topological polar surface area (TPSA) is 91.7 Å². The van der Waals surface area contributed by atoms with E-state index in [1.165, 1.54) is 0 Å². The normalized spacial score (nSPS) is 12.5. The molecule has 0 aromatic heterocycles. The summed E-state index contributed by atoms with van der Waals surface area (Å²) < 4.78 is 11.2. The highest BCUT2D eigenvalue weighted by Gasteiger charge is 2.24. The van der Waals surface area contributed by atoms with Crippen molar-refractivity contribution < 1.29 is 19.1 Å². The van der Waals surface area contributed by atoms with Crippen LogP contribution in [0.15, 0.2) is 48.5 Å². The molecule has 2 amide bonds. The van der Waals surface area contributed by atoms with Gasteiger partial charge in [-0.3, -0.25) is 9.59 Å². The molecule has 2 aromatic carbocycles. The minimum absolute atomic E-state index is 0.0800. The Labute approximate surface area is 188 Å². The first-order valence-corrected chi connectivity index (χ1v) is 10.8. The third-order valence-electron chi connectivity index (χ3n) is 5.43. The van der Waals surface area contributed by atoms with Gasteiger partial charge >= 0.3 is 0 Å². The van der Waals surface area contributed by atoms with Gasteiger partial charge in [0.15, 0.2) is 11.5 Å². The van der Waals surface area contributed by atoms with Crippen molar-refractivity contribution in [1.29, 1.82) is 5.26 Å². The number of para-hydroxylation sites is 1. The van der Waals surface area contributed by atoms with Crippen LogP contribution in [0.4, 0.5) is 5.69 Å². The van der Waals surface area contributed by atoms with E-state index in [-0.39, 0.29) is 36.5 Å². The summed E-state index contributed by atoms with van der Waals surface area (Å²) in [6.45, 7) is 5.89. The van der Waals surface area contributed by atoms with Crippen LogP contribution in [0, 0.1) is 11.3 Å². The highest BCUT2D eigenvalue weighted by molar-refractivity contribution is 5.95. The molecule has 7 heteroatoms. The van der Waals surface area contributed by atoms with Crippen molar-refractivity contribution in [2.45, 2.75) is 38.5 Å². The van der Waals surface area contributed by atoms with Gasteiger partial charge in [-0.15, -0.1) is 0 Å². The number of benzene rings is 2. The predicted molar refractivity (Wildman–Crippen MR) is 122 cm³/mol. The van der Waals surface area contributed by atoms with Crippen molar-refractivity contribution in [2.24, 2.45) is 0 Å². The summed E-state index contributed by atoms with van der Waals surface area (Å²) in [6, 6.07) is 17.1.